The Morgan fingerprint density at radius 2 is 1.70 bits per heavy atom. The number of aromatic nitrogens is 1. The van der Waals surface area contributed by atoms with Crippen LogP contribution in [0.3, 0.4) is 0 Å². The second-order valence-corrected chi connectivity index (χ2v) is 9.70. The maximum Gasteiger partial charge on any atom is 0.325 e. The number of ether oxygens (including phenoxy) is 1. The third-order valence-corrected chi connectivity index (χ3v) is 7.38. The molecule has 1 aromatic heterocycles. The van der Waals surface area contributed by atoms with Crippen LogP contribution in [-0.4, -0.2) is 35.8 Å². The highest BCUT2D eigenvalue weighted by atomic mass is 16.5. The molecule has 0 radical (unpaired) electrons. The van der Waals surface area contributed by atoms with Gasteiger partial charge in [-0.2, -0.15) is 0 Å². The Bertz CT molecular complexity index is 957. The number of fused-ring (bicyclic) bond motifs is 1. The number of H-pyrrole nitrogens is 1. The van der Waals surface area contributed by atoms with Crippen LogP contribution in [-0.2, 0) is 14.3 Å². The van der Waals surface area contributed by atoms with Gasteiger partial charge in [0.05, 0.1) is 0 Å². The van der Waals surface area contributed by atoms with E-state index in [4.69, 9.17) is 4.74 Å². The molecule has 4 aliphatic rings. The predicted octanol–water partition coefficient (Wildman–Crippen LogP) is 3.62. The summed E-state index contributed by atoms with van der Waals surface area (Å²) in [4.78, 5) is 40.0. The van der Waals surface area contributed by atoms with Crippen molar-refractivity contribution in [2.45, 2.75) is 44.9 Å². The van der Waals surface area contributed by atoms with Crippen LogP contribution >= 0.6 is 0 Å². The molecule has 0 aliphatic heterocycles. The van der Waals surface area contributed by atoms with Gasteiger partial charge < -0.3 is 15.0 Å². The van der Waals surface area contributed by atoms with Gasteiger partial charge in [0, 0.05) is 29.1 Å². The zero-order valence-corrected chi connectivity index (χ0v) is 17.1. The van der Waals surface area contributed by atoms with E-state index in [0.29, 0.717) is 12.0 Å². The van der Waals surface area contributed by atoms with Crippen molar-refractivity contribution in [3.05, 3.63) is 36.0 Å². The molecule has 2 N–H and O–H groups in total. The summed E-state index contributed by atoms with van der Waals surface area (Å²) in [6.07, 6.45) is 9.67. The molecule has 1 amide bonds. The first-order valence-electron chi connectivity index (χ1n) is 11.0. The fourth-order valence-electron chi connectivity index (χ4n) is 6.66. The van der Waals surface area contributed by atoms with E-state index in [-0.39, 0.29) is 30.3 Å². The van der Waals surface area contributed by atoms with Gasteiger partial charge in [0.25, 0.3) is 0 Å². The summed E-state index contributed by atoms with van der Waals surface area (Å²) < 4.78 is 5.10. The topological polar surface area (TPSA) is 88.3 Å². The molecule has 158 valence electrons. The van der Waals surface area contributed by atoms with Crippen LogP contribution in [0.2, 0.25) is 0 Å². The maximum absolute atomic E-state index is 12.5. The molecule has 4 saturated carbocycles. The molecular formula is C24H28N2O4. The van der Waals surface area contributed by atoms with E-state index in [2.05, 4.69) is 10.3 Å². The number of amides is 1. The summed E-state index contributed by atoms with van der Waals surface area (Å²) in [6, 6.07) is 7.49. The first kappa shape index (κ1) is 19.3. The molecule has 4 bridgehead atoms. The van der Waals surface area contributed by atoms with Crippen molar-refractivity contribution in [3.8, 4) is 0 Å². The standard InChI is InChI=1S/C24H28N2O4/c27-21(19-12-25-20-4-2-1-3-18(19)20)14-30-23(29)13-26-22(28)11-24-8-15-5-16(9-24)7-17(6-15)10-24/h1-4,12,15-17,25H,5-11,13-14H2,(H,26,28). The molecule has 2 aromatic rings. The van der Waals surface area contributed by atoms with Crippen molar-refractivity contribution in [2.75, 3.05) is 13.2 Å². The van der Waals surface area contributed by atoms with E-state index in [1.807, 2.05) is 24.3 Å². The molecule has 6 heteroatoms. The molecule has 0 unspecified atom stereocenters. The van der Waals surface area contributed by atoms with E-state index < -0.39 is 5.97 Å². The minimum atomic E-state index is -0.581. The van der Waals surface area contributed by atoms with Gasteiger partial charge in [-0.25, -0.2) is 0 Å². The molecule has 0 spiro atoms. The highest BCUT2D eigenvalue weighted by Crippen LogP contribution is 2.61. The Hall–Kier alpha value is -2.63. The van der Waals surface area contributed by atoms with Crippen molar-refractivity contribution in [1.82, 2.24) is 10.3 Å². The van der Waals surface area contributed by atoms with E-state index in [1.54, 1.807) is 6.20 Å². The van der Waals surface area contributed by atoms with Crippen LogP contribution in [0.25, 0.3) is 10.9 Å². The largest absolute Gasteiger partial charge is 0.456 e. The third kappa shape index (κ3) is 3.75. The van der Waals surface area contributed by atoms with Gasteiger partial charge in [-0.3, -0.25) is 14.4 Å². The average Bonchev–Trinajstić information content (AvgIpc) is 3.13. The van der Waals surface area contributed by atoms with Crippen molar-refractivity contribution >= 4 is 28.6 Å². The highest BCUT2D eigenvalue weighted by molar-refractivity contribution is 6.08. The lowest BCUT2D eigenvalue weighted by Crippen LogP contribution is -2.48. The zero-order chi connectivity index (χ0) is 20.7. The van der Waals surface area contributed by atoms with Crippen molar-refractivity contribution < 1.29 is 19.1 Å². The lowest BCUT2D eigenvalue weighted by atomic mass is 9.49. The number of esters is 1. The quantitative estimate of drug-likeness (QED) is 0.541. The Kier molecular flexibility index (Phi) is 4.88. The summed E-state index contributed by atoms with van der Waals surface area (Å²) in [5, 5.41) is 3.52. The molecule has 1 aromatic carbocycles. The number of hydrogen-bond donors (Lipinski definition) is 2. The van der Waals surface area contributed by atoms with Crippen LogP contribution in [0.1, 0.15) is 55.3 Å². The van der Waals surface area contributed by atoms with E-state index in [0.717, 1.165) is 47.9 Å². The number of para-hydroxylation sites is 1. The molecular weight excluding hydrogens is 380 g/mol. The summed E-state index contributed by atoms with van der Waals surface area (Å²) in [7, 11) is 0. The number of carbonyl (C=O) groups excluding carboxylic acids is 3. The van der Waals surface area contributed by atoms with E-state index in [9.17, 15) is 14.4 Å². The fourth-order valence-corrected chi connectivity index (χ4v) is 6.66. The molecule has 6 rings (SSSR count). The Morgan fingerprint density at radius 1 is 1.03 bits per heavy atom. The van der Waals surface area contributed by atoms with Crippen LogP contribution in [0.5, 0.6) is 0 Å². The lowest BCUT2D eigenvalue weighted by molar-refractivity contribution is -0.143. The normalized spacial score (nSPS) is 29.1. The molecule has 0 atom stereocenters. The summed E-state index contributed by atoms with van der Waals surface area (Å²) in [6.45, 7) is -0.516. The number of ketones is 1. The number of Topliss-reactive ketones (excluding diaryl/α,β-unsaturated/α-hetero) is 1. The Morgan fingerprint density at radius 3 is 2.40 bits per heavy atom. The summed E-state index contributed by atoms with van der Waals surface area (Å²) >= 11 is 0. The van der Waals surface area contributed by atoms with Gasteiger partial charge in [0.1, 0.15) is 6.54 Å². The maximum atomic E-state index is 12.5. The van der Waals surface area contributed by atoms with Crippen LogP contribution < -0.4 is 5.32 Å². The van der Waals surface area contributed by atoms with Gasteiger partial charge >= 0.3 is 5.97 Å². The van der Waals surface area contributed by atoms with Crippen LogP contribution in [0.4, 0.5) is 0 Å². The molecule has 4 aliphatic carbocycles. The minimum Gasteiger partial charge on any atom is -0.456 e. The Labute approximate surface area is 175 Å². The van der Waals surface area contributed by atoms with Crippen molar-refractivity contribution in [2.24, 2.45) is 23.2 Å². The molecule has 6 nitrogen and oxygen atoms in total. The Balaban J connectivity index is 1.09. The fraction of sp³-hybridized carbons (Fsp3) is 0.542. The smallest absolute Gasteiger partial charge is 0.325 e. The average molecular weight is 408 g/mol. The number of benzene rings is 1. The number of carbonyl (C=O) groups is 3. The second-order valence-electron chi connectivity index (χ2n) is 9.70. The first-order valence-corrected chi connectivity index (χ1v) is 11.0. The second kappa shape index (κ2) is 7.56. The van der Waals surface area contributed by atoms with Crippen LogP contribution in [0, 0.1) is 23.2 Å². The summed E-state index contributed by atoms with van der Waals surface area (Å²) in [5.41, 5.74) is 1.52. The van der Waals surface area contributed by atoms with E-state index in [1.165, 1.54) is 19.3 Å². The van der Waals surface area contributed by atoms with E-state index >= 15 is 0 Å². The molecule has 4 fully saturated rings. The lowest BCUT2D eigenvalue weighted by Gasteiger charge is -2.56. The van der Waals surface area contributed by atoms with Crippen molar-refractivity contribution in [1.29, 1.82) is 0 Å². The molecule has 1 heterocycles. The van der Waals surface area contributed by atoms with Gasteiger partial charge in [-0.05, 0) is 67.8 Å². The van der Waals surface area contributed by atoms with Gasteiger partial charge in [-0.15, -0.1) is 0 Å². The molecule has 30 heavy (non-hydrogen) atoms. The van der Waals surface area contributed by atoms with Gasteiger partial charge in [-0.1, -0.05) is 18.2 Å². The first-order chi connectivity index (χ1) is 14.5. The zero-order valence-electron chi connectivity index (χ0n) is 17.1. The number of nitrogens with one attached hydrogen (secondary N) is 2. The highest BCUT2D eigenvalue weighted by Gasteiger charge is 2.51. The SMILES string of the molecule is O=C(CC12CC3CC(CC(C3)C1)C2)NCC(=O)OCC(=O)c1c[nH]c2ccccc12. The predicted molar refractivity (Wildman–Crippen MR) is 112 cm³/mol. The van der Waals surface area contributed by atoms with Crippen LogP contribution in [0.15, 0.2) is 30.5 Å². The van der Waals surface area contributed by atoms with Gasteiger partial charge in [0.15, 0.2) is 6.61 Å². The summed E-state index contributed by atoms with van der Waals surface area (Å²) in [5.74, 6) is 1.47. The molecule has 0 saturated heterocycles. The minimum absolute atomic E-state index is 0.0724. The monoisotopic (exact) mass is 408 g/mol. The number of rotatable bonds is 7. The third-order valence-electron chi connectivity index (χ3n) is 7.38. The van der Waals surface area contributed by atoms with Crippen molar-refractivity contribution in [3.63, 3.8) is 0 Å². The number of hydrogen-bond acceptors (Lipinski definition) is 4. The number of aromatic amines is 1. The van der Waals surface area contributed by atoms with Gasteiger partial charge in [0.2, 0.25) is 11.7 Å².